The van der Waals surface area contributed by atoms with Crippen LogP contribution in [-0.2, 0) is 19.7 Å². The third-order valence-corrected chi connectivity index (χ3v) is 9.17. The number of sulfone groups is 2. The zero-order chi connectivity index (χ0) is 15.5. The van der Waals surface area contributed by atoms with E-state index in [4.69, 9.17) is 0 Å². The lowest BCUT2D eigenvalue weighted by atomic mass is 10.2. The van der Waals surface area contributed by atoms with Gasteiger partial charge in [-0.3, -0.25) is 4.90 Å². The number of thioether (sulfide) groups is 1. The molecule has 2 aliphatic rings. The SMILES string of the molecule is CCS(=O)(=O)C1CSCCN1CCNC1CCS(=O)(=O)C1. The summed E-state index contributed by atoms with van der Waals surface area (Å²) in [7, 11) is -5.92. The summed E-state index contributed by atoms with van der Waals surface area (Å²) in [6.45, 7) is 3.76. The van der Waals surface area contributed by atoms with E-state index in [0.717, 1.165) is 12.3 Å². The van der Waals surface area contributed by atoms with Gasteiger partial charge in [-0.15, -0.1) is 0 Å². The Kier molecular flexibility index (Phi) is 5.98. The lowest BCUT2D eigenvalue weighted by Crippen LogP contribution is -2.50. The summed E-state index contributed by atoms with van der Waals surface area (Å²) >= 11 is 1.69. The fraction of sp³-hybridized carbons (Fsp3) is 1.00. The second kappa shape index (κ2) is 7.16. The van der Waals surface area contributed by atoms with Crippen LogP contribution in [0.25, 0.3) is 0 Å². The number of hydrogen-bond acceptors (Lipinski definition) is 7. The molecule has 2 heterocycles. The van der Waals surface area contributed by atoms with E-state index in [9.17, 15) is 16.8 Å². The minimum Gasteiger partial charge on any atom is -0.312 e. The average Bonchev–Trinajstić information content (AvgIpc) is 2.79. The molecule has 2 rings (SSSR count). The van der Waals surface area contributed by atoms with E-state index >= 15 is 0 Å². The molecule has 2 saturated heterocycles. The van der Waals surface area contributed by atoms with Crippen LogP contribution in [0.1, 0.15) is 13.3 Å². The number of hydrogen-bond donors (Lipinski definition) is 1. The Morgan fingerprint density at radius 2 is 2.14 bits per heavy atom. The first kappa shape index (κ1) is 17.5. The molecule has 9 heteroatoms. The van der Waals surface area contributed by atoms with Gasteiger partial charge in [-0.2, -0.15) is 11.8 Å². The van der Waals surface area contributed by atoms with Crippen molar-refractivity contribution in [3.8, 4) is 0 Å². The van der Waals surface area contributed by atoms with Gasteiger partial charge in [0.15, 0.2) is 19.7 Å². The molecule has 0 aromatic rings. The predicted molar refractivity (Wildman–Crippen MR) is 87.2 cm³/mol. The first-order valence-electron chi connectivity index (χ1n) is 7.31. The summed E-state index contributed by atoms with van der Waals surface area (Å²) in [6.07, 6.45) is 0.662. The van der Waals surface area contributed by atoms with Crippen molar-refractivity contribution in [3.63, 3.8) is 0 Å². The van der Waals surface area contributed by atoms with Gasteiger partial charge in [-0.1, -0.05) is 6.92 Å². The van der Waals surface area contributed by atoms with Gasteiger partial charge in [0.05, 0.1) is 11.5 Å². The molecule has 0 aromatic heterocycles. The van der Waals surface area contributed by atoms with Crippen LogP contribution >= 0.6 is 11.8 Å². The van der Waals surface area contributed by atoms with Crippen LogP contribution < -0.4 is 5.32 Å². The summed E-state index contributed by atoms with van der Waals surface area (Å²) in [6, 6.07) is 0.0235. The van der Waals surface area contributed by atoms with Gasteiger partial charge < -0.3 is 5.32 Å². The number of nitrogens with zero attached hydrogens (tertiary/aromatic N) is 1. The van der Waals surface area contributed by atoms with Crippen molar-refractivity contribution in [1.82, 2.24) is 10.2 Å². The molecule has 2 unspecified atom stereocenters. The molecule has 0 spiro atoms. The van der Waals surface area contributed by atoms with E-state index in [2.05, 4.69) is 5.32 Å². The van der Waals surface area contributed by atoms with Gasteiger partial charge in [0, 0.05) is 42.9 Å². The molecular formula is C12H24N2O4S3. The minimum absolute atomic E-state index is 0.0235. The predicted octanol–water partition coefficient (Wildman–Crippen LogP) is -0.427. The molecule has 2 atom stereocenters. The molecule has 6 nitrogen and oxygen atoms in total. The van der Waals surface area contributed by atoms with Crippen LogP contribution in [0, 0.1) is 0 Å². The second-order valence-corrected chi connectivity index (χ2v) is 11.4. The molecule has 21 heavy (non-hydrogen) atoms. The average molecular weight is 357 g/mol. The number of nitrogens with one attached hydrogen (secondary N) is 1. The molecule has 124 valence electrons. The Balaban J connectivity index is 1.83. The van der Waals surface area contributed by atoms with Gasteiger partial charge >= 0.3 is 0 Å². The molecule has 0 bridgehead atoms. The Morgan fingerprint density at radius 1 is 1.38 bits per heavy atom. The molecule has 2 aliphatic heterocycles. The molecular weight excluding hydrogens is 332 g/mol. The van der Waals surface area contributed by atoms with Crippen molar-refractivity contribution in [2.24, 2.45) is 0 Å². The van der Waals surface area contributed by atoms with E-state index in [1.54, 1.807) is 18.7 Å². The van der Waals surface area contributed by atoms with Crippen molar-refractivity contribution in [3.05, 3.63) is 0 Å². The second-order valence-electron chi connectivity index (χ2n) is 5.57. The lowest BCUT2D eigenvalue weighted by Gasteiger charge is -2.34. The highest BCUT2D eigenvalue weighted by molar-refractivity contribution is 8.01. The highest BCUT2D eigenvalue weighted by atomic mass is 32.2. The van der Waals surface area contributed by atoms with Crippen LogP contribution in [-0.4, -0.2) is 81.5 Å². The summed E-state index contributed by atoms with van der Waals surface area (Å²) in [5.74, 6) is 2.22. The molecule has 0 saturated carbocycles. The van der Waals surface area contributed by atoms with Crippen LogP contribution in [0.2, 0.25) is 0 Å². The standard InChI is InChI=1S/C12H24N2O4S3/c1-2-21(17,18)12-9-19-7-6-14(12)5-4-13-11-3-8-20(15,16)10-11/h11-13H,2-10H2,1H3. The Hall–Kier alpha value is 0.170. The minimum atomic E-state index is -3.06. The first-order chi connectivity index (χ1) is 9.84. The van der Waals surface area contributed by atoms with Gasteiger partial charge in [0.1, 0.15) is 5.37 Å². The molecule has 0 radical (unpaired) electrons. The molecule has 0 aliphatic carbocycles. The normalized spacial score (nSPS) is 30.5. The maximum Gasteiger partial charge on any atom is 0.166 e. The number of rotatable bonds is 6. The molecule has 1 N–H and O–H groups in total. The third kappa shape index (κ3) is 4.82. The molecule has 0 aromatic carbocycles. The Bertz CT molecular complexity index is 547. The van der Waals surface area contributed by atoms with Crippen molar-refractivity contribution < 1.29 is 16.8 Å². The van der Waals surface area contributed by atoms with E-state index in [1.165, 1.54) is 0 Å². The van der Waals surface area contributed by atoms with Crippen molar-refractivity contribution in [2.75, 3.05) is 48.4 Å². The van der Waals surface area contributed by atoms with E-state index in [0.29, 0.717) is 25.3 Å². The van der Waals surface area contributed by atoms with Crippen LogP contribution in [0.15, 0.2) is 0 Å². The first-order valence-corrected chi connectivity index (χ1v) is 12.0. The highest BCUT2D eigenvalue weighted by Gasteiger charge is 2.33. The van der Waals surface area contributed by atoms with E-state index < -0.39 is 25.0 Å². The topological polar surface area (TPSA) is 83.6 Å². The summed E-state index contributed by atoms with van der Waals surface area (Å²) in [5.41, 5.74) is 0. The van der Waals surface area contributed by atoms with Gasteiger partial charge in [-0.05, 0) is 6.42 Å². The Labute approximate surface area is 131 Å². The summed E-state index contributed by atoms with van der Waals surface area (Å²) in [4.78, 5) is 2.02. The third-order valence-electron chi connectivity index (χ3n) is 4.07. The lowest BCUT2D eigenvalue weighted by molar-refractivity contribution is 0.266. The van der Waals surface area contributed by atoms with E-state index in [1.807, 2.05) is 4.90 Å². The van der Waals surface area contributed by atoms with Gasteiger partial charge in [0.25, 0.3) is 0 Å². The van der Waals surface area contributed by atoms with Gasteiger partial charge in [-0.25, -0.2) is 16.8 Å². The maximum atomic E-state index is 12.1. The largest absolute Gasteiger partial charge is 0.312 e. The highest BCUT2D eigenvalue weighted by Crippen LogP contribution is 2.21. The summed E-state index contributed by atoms with van der Waals surface area (Å²) < 4.78 is 47.0. The monoisotopic (exact) mass is 356 g/mol. The van der Waals surface area contributed by atoms with Crippen LogP contribution in [0.5, 0.6) is 0 Å². The molecule has 2 fully saturated rings. The van der Waals surface area contributed by atoms with Crippen molar-refractivity contribution in [1.29, 1.82) is 0 Å². The van der Waals surface area contributed by atoms with Crippen molar-refractivity contribution in [2.45, 2.75) is 24.8 Å². The zero-order valence-corrected chi connectivity index (χ0v) is 14.8. The smallest absolute Gasteiger partial charge is 0.166 e. The molecule has 0 amide bonds. The van der Waals surface area contributed by atoms with Crippen molar-refractivity contribution >= 4 is 31.4 Å². The maximum absolute atomic E-state index is 12.1. The van der Waals surface area contributed by atoms with Gasteiger partial charge in [0.2, 0.25) is 0 Å². The van der Waals surface area contributed by atoms with E-state index in [-0.39, 0.29) is 23.3 Å². The fourth-order valence-electron chi connectivity index (χ4n) is 2.76. The quantitative estimate of drug-likeness (QED) is 0.691. The fourth-order valence-corrected chi connectivity index (χ4v) is 7.58. The zero-order valence-electron chi connectivity index (χ0n) is 12.3. The summed E-state index contributed by atoms with van der Waals surface area (Å²) in [5, 5.41) is 2.86. The Morgan fingerprint density at radius 3 is 2.76 bits per heavy atom. The van der Waals surface area contributed by atoms with Crippen LogP contribution in [0.3, 0.4) is 0 Å². The van der Waals surface area contributed by atoms with Crippen LogP contribution in [0.4, 0.5) is 0 Å².